The molecule has 0 bridgehead atoms. The van der Waals surface area contributed by atoms with Gasteiger partial charge in [0, 0.05) is 33.4 Å². The van der Waals surface area contributed by atoms with Gasteiger partial charge in [0.15, 0.2) is 0 Å². The molecule has 4 nitrogen and oxygen atoms in total. The van der Waals surface area contributed by atoms with E-state index in [1.807, 2.05) is 11.9 Å². The molecule has 1 amide bonds. The molecule has 2 saturated heterocycles. The number of amides is 1. The summed E-state index contributed by atoms with van der Waals surface area (Å²) in [6.07, 6.45) is 7.47. The molecule has 0 atom stereocenters. The zero-order valence-electron chi connectivity index (χ0n) is 12.3. The summed E-state index contributed by atoms with van der Waals surface area (Å²) in [6, 6.07) is 0. The number of hydrogen-bond acceptors (Lipinski definition) is 3. The van der Waals surface area contributed by atoms with E-state index >= 15 is 0 Å². The first-order valence-corrected chi connectivity index (χ1v) is 7.80. The van der Waals surface area contributed by atoms with Crippen LogP contribution < -0.4 is 0 Å². The van der Waals surface area contributed by atoms with Crippen molar-refractivity contribution in [2.75, 3.05) is 46.4 Å². The van der Waals surface area contributed by atoms with Crippen LogP contribution in [0.15, 0.2) is 0 Å². The van der Waals surface area contributed by atoms with Crippen molar-refractivity contribution in [1.82, 2.24) is 9.80 Å². The summed E-state index contributed by atoms with van der Waals surface area (Å²) in [5.41, 5.74) is 0. The number of nitrogens with zero attached hydrogens (tertiary/aromatic N) is 2. The van der Waals surface area contributed by atoms with Gasteiger partial charge in [0.05, 0.1) is 6.54 Å². The minimum atomic E-state index is 0.280. The minimum Gasteiger partial charge on any atom is -0.381 e. The van der Waals surface area contributed by atoms with Gasteiger partial charge in [-0.1, -0.05) is 12.8 Å². The fraction of sp³-hybridized carbons (Fsp3) is 0.933. The third-order valence-corrected chi connectivity index (χ3v) is 4.43. The Hall–Kier alpha value is -0.610. The van der Waals surface area contributed by atoms with Crippen molar-refractivity contribution in [3.05, 3.63) is 0 Å². The fourth-order valence-corrected chi connectivity index (χ4v) is 3.04. The third-order valence-electron chi connectivity index (χ3n) is 4.43. The van der Waals surface area contributed by atoms with E-state index in [9.17, 15) is 4.79 Å². The third kappa shape index (κ3) is 5.11. The maximum absolute atomic E-state index is 11.8. The summed E-state index contributed by atoms with van der Waals surface area (Å²) in [5.74, 6) is 1.16. The van der Waals surface area contributed by atoms with Crippen LogP contribution >= 0.6 is 0 Å². The molecule has 0 aromatic carbocycles. The predicted octanol–water partition coefficient (Wildman–Crippen LogP) is 1.75. The number of carbonyl (C=O) groups is 1. The average Bonchev–Trinajstić information content (AvgIpc) is 2.58. The van der Waals surface area contributed by atoms with Gasteiger partial charge in [-0.25, -0.2) is 0 Å². The van der Waals surface area contributed by atoms with E-state index < -0.39 is 0 Å². The summed E-state index contributed by atoms with van der Waals surface area (Å²) in [4.78, 5) is 16.0. The zero-order valence-corrected chi connectivity index (χ0v) is 12.3. The highest BCUT2D eigenvalue weighted by atomic mass is 16.5. The van der Waals surface area contributed by atoms with E-state index in [0.717, 1.165) is 45.2 Å². The number of carbonyl (C=O) groups excluding carboxylic acids is 1. The average molecular weight is 268 g/mol. The minimum absolute atomic E-state index is 0.280. The number of ether oxygens (including phenoxy) is 1. The highest BCUT2D eigenvalue weighted by Gasteiger charge is 2.18. The Balaban J connectivity index is 1.58. The van der Waals surface area contributed by atoms with Crippen molar-refractivity contribution in [3.63, 3.8) is 0 Å². The molecule has 2 fully saturated rings. The highest BCUT2D eigenvalue weighted by molar-refractivity contribution is 5.78. The Labute approximate surface area is 117 Å². The summed E-state index contributed by atoms with van der Waals surface area (Å²) < 4.78 is 5.39. The molecule has 2 aliphatic heterocycles. The largest absolute Gasteiger partial charge is 0.381 e. The molecule has 0 spiro atoms. The smallest absolute Gasteiger partial charge is 0.236 e. The molecule has 0 aromatic heterocycles. The lowest BCUT2D eigenvalue weighted by Gasteiger charge is -2.23. The van der Waals surface area contributed by atoms with E-state index in [1.54, 1.807) is 0 Å². The van der Waals surface area contributed by atoms with Crippen LogP contribution in [0.4, 0.5) is 0 Å². The lowest BCUT2D eigenvalue weighted by molar-refractivity contribution is -0.129. The van der Waals surface area contributed by atoms with Crippen LogP contribution in [0.2, 0.25) is 0 Å². The molecule has 0 radical (unpaired) electrons. The van der Waals surface area contributed by atoms with Crippen LogP contribution in [0, 0.1) is 5.92 Å². The maximum Gasteiger partial charge on any atom is 0.236 e. The summed E-state index contributed by atoms with van der Waals surface area (Å²) in [6.45, 7) is 5.61. The summed E-state index contributed by atoms with van der Waals surface area (Å²) in [5, 5.41) is 0. The highest BCUT2D eigenvalue weighted by Crippen LogP contribution is 2.20. The van der Waals surface area contributed by atoms with E-state index in [4.69, 9.17) is 4.74 Å². The van der Waals surface area contributed by atoms with Crippen molar-refractivity contribution in [3.8, 4) is 0 Å². The van der Waals surface area contributed by atoms with Gasteiger partial charge in [0.1, 0.15) is 0 Å². The first-order chi connectivity index (χ1) is 9.25. The monoisotopic (exact) mass is 268 g/mol. The van der Waals surface area contributed by atoms with Gasteiger partial charge in [0.2, 0.25) is 5.91 Å². The fourth-order valence-electron chi connectivity index (χ4n) is 3.04. The van der Waals surface area contributed by atoms with Crippen LogP contribution in [0.25, 0.3) is 0 Å². The van der Waals surface area contributed by atoms with Crippen molar-refractivity contribution in [2.45, 2.75) is 38.5 Å². The topological polar surface area (TPSA) is 32.8 Å². The normalized spacial score (nSPS) is 23.6. The molecule has 4 heteroatoms. The SMILES string of the molecule is CN1CCCN(CCCCC2CCOCC2)CC1=O. The van der Waals surface area contributed by atoms with E-state index in [-0.39, 0.29) is 5.91 Å². The lowest BCUT2D eigenvalue weighted by atomic mass is 9.94. The molecule has 2 rings (SSSR count). The summed E-state index contributed by atoms with van der Waals surface area (Å²) in [7, 11) is 1.91. The maximum atomic E-state index is 11.8. The van der Waals surface area contributed by atoms with Gasteiger partial charge in [-0.3, -0.25) is 9.69 Å². The Bertz CT molecular complexity index is 277. The molecule has 0 saturated carbocycles. The molecule has 0 N–H and O–H groups in total. The Kier molecular flexibility index (Phi) is 6.11. The number of unbranched alkanes of at least 4 members (excludes halogenated alkanes) is 1. The Morgan fingerprint density at radius 3 is 2.79 bits per heavy atom. The van der Waals surface area contributed by atoms with Gasteiger partial charge in [0.25, 0.3) is 0 Å². The molecule has 110 valence electrons. The second-order valence-electron chi connectivity index (χ2n) is 6.00. The molecular weight excluding hydrogens is 240 g/mol. The molecule has 0 aliphatic carbocycles. The van der Waals surface area contributed by atoms with Gasteiger partial charge in [-0.05, 0) is 38.1 Å². The van der Waals surface area contributed by atoms with Crippen molar-refractivity contribution < 1.29 is 9.53 Å². The van der Waals surface area contributed by atoms with Crippen LogP contribution in [0.1, 0.15) is 38.5 Å². The second-order valence-corrected chi connectivity index (χ2v) is 6.00. The number of rotatable bonds is 5. The molecule has 2 heterocycles. The standard InChI is InChI=1S/C15H28N2O2/c1-16-8-4-10-17(13-15(16)18)9-3-2-5-14-6-11-19-12-7-14/h14H,2-13H2,1H3. The Morgan fingerprint density at radius 1 is 1.21 bits per heavy atom. The lowest BCUT2D eigenvalue weighted by Crippen LogP contribution is -2.34. The summed E-state index contributed by atoms with van der Waals surface area (Å²) >= 11 is 0. The van der Waals surface area contributed by atoms with Crippen LogP contribution in [-0.4, -0.2) is 62.1 Å². The van der Waals surface area contributed by atoms with Crippen molar-refractivity contribution >= 4 is 5.91 Å². The van der Waals surface area contributed by atoms with E-state index in [1.165, 1.54) is 32.1 Å². The molecule has 0 unspecified atom stereocenters. The van der Waals surface area contributed by atoms with Gasteiger partial charge >= 0.3 is 0 Å². The van der Waals surface area contributed by atoms with Crippen molar-refractivity contribution in [1.29, 1.82) is 0 Å². The zero-order chi connectivity index (χ0) is 13.5. The van der Waals surface area contributed by atoms with E-state index in [2.05, 4.69) is 4.90 Å². The molecule has 0 aromatic rings. The molecule has 19 heavy (non-hydrogen) atoms. The van der Waals surface area contributed by atoms with Gasteiger partial charge in [-0.2, -0.15) is 0 Å². The van der Waals surface area contributed by atoms with Gasteiger partial charge < -0.3 is 9.64 Å². The predicted molar refractivity (Wildman–Crippen MR) is 76.1 cm³/mol. The molecule has 2 aliphatic rings. The Morgan fingerprint density at radius 2 is 2.00 bits per heavy atom. The van der Waals surface area contributed by atoms with Gasteiger partial charge in [-0.15, -0.1) is 0 Å². The number of hydrogen-bond donors (Lipinski definition) is 0. The first kappa shape index (κ1) is 14.8. The quantitative estimate of drug-likeness (QED) is 0.712. The van der Waals surface area contributed by atoms with Crippen LogP contribution in [0.5, 0.6) is 0 Å². The number of likely N-dealkylation sites (N-methyl/N-ethyl adjacent to an activating group) is 1. The van der Waals surface area contributed by atoms with Crippen molar-refractivity contribution in [2.24, 2.45) is 5.92 Å². The van der Waals surface area contributed by atoms with Crippen LogP contribution in [0.3, 0.4) is 0 Å². The first-order valence-electron chi connectivity index (χ1n) is 7.80. The second kappa shape index (κ2) is 7.85. The molecular formula is C15H28N2O2. The van der Waals surface area contributed by atoms with E-state index in [0.29, 0.717) is 6.54 Å². The van der Waals surface area contributed by atoms with Crippen LogP contribution in [-0.2, 0) is 9.53 Å².